The standard InChI is InChI=1S/C15H15N11O2S2/c1-8-3-4-9(30-8)5-17-20-14(27)11-10(6-29-15-21-18-7-25(15)2)26(24-19-11)13-12(16)22-28-23-13/h3-5,7H,6H2,1-2H3,(H2,16,22)(H,20,27). The highest BCUT2D eigenvalue weighted by Crippen LogP contribution is 2.24. The average Bonchev–Trinajstić information content (AvgIpc) is 3.49. The molecule has 0 saturated carbocycles. The van der Waals surface area contributed by atoms with E-state index in [0.29, 0.717) is 10.9 Å². The van der Waals surface area contributed by atoms with Gasteiger partial charge in [-0.05, 0) is 29.4 Å². The summed E-state index contributed by atoms with van der Waals surface area (Å²) in [5.74, 6) is -0.104. The van der Waals surface area contributed by atoms with Gasteiger partial charge in [-0.1, -0.05) is 17.0 Å². The largest absolute Gasteiger partial charge is 0.378 e. The van der Waals surface area contributed by atoms with Crippen molar-refractivity contribution in [3.05, 3.63) is 39.6 Å². The Labute approximate surface area is 177 Å². The van der Waals surface area contributed by atoms with Gasteiger partial charge in [0, 0.05) is 22.6 Å². The van der Waals surface area contributed by atoms with Crippen molar-refractivity contribution in [2.75, 3.05) is 5.73 Å². The molecule has 4 rings (SSSR count). The highest BCUT2D eigenvalue weighted by molar-refractivity contribution is 7.98. The van der Waals surface area contributed by atoms with Crippen molar-refractivity contribution in [2.45, 2.75) is 17.8 Å². The first kappa shape index (κ1) is 19.7. The third kappa shape index (κ3) is 4.06. The SMILES string of the molecule is Cc1ccc(C=NNC(=O)c2nnn(-c3nonc3N)c2CSc2nncn2C)s1. The topological polar surface area (TPSA) is 168 Å². The summed E-state index contributed by atoms with van der Waals surface area (Å²) in [5, 5.41) is 27.7. The minimum absolute atomic E-state index is 0.0165. The Morgan fingerprint density at radius 3 is 2.93 bits per heavy atom. The number of hydrogen-bond donors (Lipinski definition) is 2. The van der Waals surface area contributed by atoms with E-state index < -0.39 is 5.91 Å². The first-order valence-electron chi connectivity index (χ1n) is 8.42. The Balaban J connectivity index is 1.59. The monoisotopic (exact) mass is 445 g/mol. The zero-order chi connectivity index (χ0) is 21.1. The smallest absolute Gasteiger partial charge is 0.293 e. The molecule has 3 N–H and O–H groups in total. The molecule has 0 bridgehead atoms. The van der Waals surface area contributed by atoms with Crippen LogP contribution < -0.4 is 11.2 Å². The van der Waals surface area contributed by atoms with Gasteiger partial charge in [0.1, 0.15) is 6.33 Å². The van der Waals surface area contributed by atoms with Crippen LogP contribution in [0.2, 0.25) is 0 Å². The highest BCUT2D eigenvalue weighted by Gasteiger charge is 2.24. The molecule has 0 spiro atoms. The summed E-state index contributed by atoms with van der Waals surface area (Å²) < 4.78 is 7.69. The second-order valence-corrected chi connectivity index (χ2v) is 8.19. The van der Waals surface area contributed by atoms with Gasteiger partial charge in [0.15, 0.2) is 10.9 Å². The number of aromatic nitrogens is 8. The lowest BCUT2D eigenvalue weighted by Crippen LogP contribution is -2.20. The quantitative estimate of drug-likeness (QED) is 0.236. The van der Waals surface area contributed by atoms with Crippen LogP contribution in [0, 0.1) is 6.92 Å². The summed E-state index contributed by atoms with van der Waals surface area (Å²) in [6.07, 6.45) is 3.14. The zero-order valence-electron chi connectivity index (χ0n) is 15.8. The Morgan fingerprint density at radius 1 is 1.40 bits per heavy atom. The van der Waals surface area contributed by atoms with E-state index in [2.05, 4.69) is 46.0 Å². The molecule has 0 aliphatic rings. The molecular weight excluding hydrogens is 430 g/mol. The molecule has 13 nitrogen and oxygen atoms in total. The van der Waals surface area contributed by atoms with Crippen molar-refractivity contribution in [1.29, 1.82) is 0 Å². The number of thioether (sulfide) groups is 1. The molecule has 0 atom stereocenters. The molecule has 0 aromatic carbocycles. The molecule has 0 fully saturated rings. The van der Waals surface area contributed by atoms with Gasteiger partial charge in [0.2, 0.25) is 11.6 Å². The van der Waals surface area contributed by atoms with Crippen LogP contribution in [0.1, 0.15) is 25.9 Å². The predicted octanol–water partition coefficient (Wildman–Crippen LogP) is 0.787. The molecule has 15 heteroatoms. The fourth-order valence-corrected chi connectivity index (χ4v) is 4.01. The first-order valence-corrected chi connectivity index (χ1v) is 10.2. The van der Waals surface area contributed by atoms with Crippen molar-refractivity contribution in [2.24, 2.45) is 12.1 Å². The van der Waals surface area contributed by atoms with E-state index in [1.165, 1.54) is 16.4 Å². The average molecular weight is 445 g/mol. The van der Waals surface area contributed by atoms with Crippen molar-refractivity contribution in [3.8, 4) is 5.82 Å². The molecule has 4 aromatic heterocycles. The molecule has 4 heterocycles. The minimum Gasteiger partial charge on any atom is -0.378 e. The van der Waals surface area contributed by atoms with Gasteiger partial charge in [0.05, 0.1) is 11.9 Å². The molecular formula is C15H15N11O2S2. The maximum absolute atomic E-state index is 12.7. The normalized spacial score (nSPS) is 11.4. The zero-order valence-corrected chi connectivity index (χ0v) is 17.4. The summed E-state index contributed by atoms with van der Waals surface area (Å²) in [7, 11) is 1.81. The summed E-state index contributed by atoms with van der Waals surface area (Å²) in [6, 6.07) is 3.88. The van der Waals surface area contributed by atoms with Crippen LogP contribution in [-0.2, 0) is 12.8 Å². The van der Waals surface area contributed by atoms with E-state index >= 15 is 0 Å². The van der Waals surface area contributed by atoms with Crippen LogP contribution in [-0.4, -0.2) is 52.2 Å². The molecule has 0 aliphatic heterocycles. The lowest BCUT2D eigenvalue weighted by molar-refractivity contribution is 0.0949. The van der Waals surface area contributed by atoms with Crippen LogP contribution in [0.4, 0.5) is 5.82 Å². The number of carbonyl (C=O) groups excluding carboxylic acids is 1. The maximum atomic E-state index is 12.7. The molecule has 30 heavy (non-hydrogen) atoms. The van der Waals surface area contributed by atoms with E-state index in [1.54, 1.807) is 28.4 Å². The second kappa shape index (κ2) is 8.42. The lowest BCUT2D eigenvalue weighted by Gasteiger charge is -2.05. The number of nitrogen functional groups attached to an aromatic ring is 1. The molecule has 0 aliphatic carbocycles. The van der Waals surface area contributed by atoms with Crippen molar-refractivity contribution >= 4 is 41.0 Å². The van der Waals surface area contributed by atoms with Gasteiger partial charge in [-0.3, -0.25) is 4.79 Å². The first-order chi connectivity index (χ1) is 14.5. The third-order valence-electron chi connectivity index (χ3n) is 3.80. The third-order valence-corrected chi connectivity index (χ3v) is 5.78. The number of nitrogens with two attached hydrogens (primary N) is 1. The number of nitrogens with zero attached hydrogens (tertiary/aromatic N) is 9. The van der Waals surface area contributed by atoms with Crippen LogP contribution in [0.3, 0.4) is 0 Å². The minimum atomic E-state index is -0.533. The van der Waals surface area contributed by atoms with E-state index in [4.69, 9.17) is 5.73 Å². The van der Waals surface area contributed by atoms with Gasteiger partial charge >= 0.3 is 0 Å². The van der Waals surface area contributed by atoms with Gasteiger partial charge < -0.3 is 10.3 Å². The van der Waals surface area contributed by atoms with Gasteiger partial charge in [-0.2, -0.15) is 9.78 Å². The Kier molecular flexibility index (Phi) is 5.53. The highest BCUT2D eigenvalue weighted by atomic mass is 32.2. The molecule has 0 radical (unpaired) electrons. The van der Waals surface area contributed by atoms with Crippen LogP contribution in [0.25, 0.3) is 5.82 Å². The van der Waals surface area contributed by atoms with E-state index in [1.807, 2.05) is 26.1 Å². The van der Waals surface area contributed by atoms with E-state index in [-0.39, 0.29) is 23.1 Å². The van der Waals surface area contributed by atoms with Gasteiger partial charge in [0.25, 0.3) is 5.91 Å². The van der Waals surface area contributed by atoms with Crippen LogP contribution in [0.5, 0.6) is 0 Å². The van der Waals surface area contributed by atoms with Crippen LogP contribution >= 0.6 is 23.1 Å². The Hall–Kier alpha value is -3.59. The summed E-state index contributed by atoms with van der Waals surface area (Å²) in [4.78, 5) is 14.7. The summed E-state index contributed by atoms with van der Waals surface area (Å²) in [5.41, 5.74) is 8.72. The molecule has 4 aromatic rings. The number of carbonyl (C=O) groups is 1. The number of hydrogen-bond acceptors (Lipinski definition) is 12. The molecule has 1 amide bonds. The fraction of sp³-hybridized carbons (Fsp3) is 0.200. The van der Waals surface area contributed by atoms with E-state index in [0.717, 1.165) is 9.75 Å². The fourth-order valence-electron chi connectivity index (χ4n) is 2.38. The van der Waals surface area contributed by atoms with Crippen LogP contribution in [0.15, 0.2) is 33.3 Å². The van der Waals surface area contributed by atoms with Crippen molar-refractivity contribution in [3.63, 3.8) is 0 Å². The number of rotatable bonds is 7. The Bertz CT molecular complexity index is 1200. The second-order valence-electron chi connectivity index (χ2n) is 5.93. The predicted molar refractivity (Wildman–Crippen MR) is 108 cm³/mol. The maximum Gasteiger partial charge on any atom is 0.293 e. The number of nitrogens with one attached hydrogen (secondary N) is 1. The van der Waals surface area contributed by atoms with E-state index in [9.17, 15) is 4.79 Å². The Morgan fingerprint density at radius 2 is 2.27 bits per heavy atom. The molecule has 0 saturated heterocycles. The number of aryl methyl sites for hydroxylation is 2. The van der Waals surface area contributed by atoms with Gasteiger partial charge in [-0.15, -0.1) is 26.6 Å². The number of thiophene rings is 1. The number of hydrazone groups is 1. The summed E-state index contributed by atoms with van der Waals surface area (Å²) >= 11 is 2.90. The van der Waals surface area contributed by atoms with Gasteiger partial charge in [-0.25, -0.2) is 10.1 Å². The lowest BCUT2D eigenvalue weighted by atomic mass is 10.3. The summed E-state index contributed by atoms with van der Waals surface area (Å²) in [6.45, 7) is 1.99. The molecule has 0 unspecified atom stereocenters. The number of amides is 1. The number of anilines is 1. The van der Waals surface area contributed by atoms with Crippen molar-refractivity contribution < 1.29 is 9.42 Å². The molecule has 154 valence electrons. The van der Waals surface area contributed by atoms with Crippen molar-refractivity contribution in [1.82, 2.24) is 45.5 Å².